The van der Waals surface area contributed by atoms with Crippen LogP contribution < -0.4 is 0 Å². The predicted octanol–water partition coefficient (Wildman–Crippen LogP) is 0.519. The Balaban J connectivity index is 2.10. The largest absolute Gasteiger partial charge is 0.393 e. The van der Waals surface area contributed by atoms with Gasteiger partial charge in [0.1, 0.15) is 12.2 Å². The molecule has 0 amide bonds. The minimum absolute atomic E-state index is 0.0980. The lowest BCUT2D eigenvalue weighted by atomic mass is 9.96. The van der Waals surface area contributed by atoms with E-state index in [2.05, 4.69) is 10.1 Å². The van der Waals surface area contributed by atoms with E-state index in [0.717, 1.165) is 25.1 Å². The molecule has 1 fully saturated rings. The smallest absolute Gasteiger partial charge is 0.138 e. The summed E-state index contributed by atoms with van der Waals surface area (Å²) in [6.45, 7) is 1.86. The molecule has 1 aliphatic rings. The van der Waals surface area contributed by atoms with Gasteiger partial charge in [-0.05, 0) is 19.8 Å². The molecule has 1 saturated carbocycles. The van der Waals surface area contributed by atoms with E-state index in [0.29, 0.717) is 0 Å². The van der Waals surface area contributed by atoms with Crippen LogP contribution in [0.5, 0.6) is 0 Å². The van der Waals surface area contributed by atoms with Gasteiger partial charge in [-0.3, -0.25) is 4.68 Å². The molecule has 1 aromatic heterocycles. The summed E-state index contributed by atoms with van der Waals surface area (Å²) in [5.74, 6) is 0.971. The Hall–Kier alpha value is -0.900. The third-order valence-electron chi connectivity index (χ3n) is 3.09. The summed E-state index contributed by atoms with van der Waals surface area (Å²) in [5, 5.41) is 13.6. The van der Waals surface area contributed by atoms with Crippen molar-refractivity contribution in [1.29, 1.82) is 0 Å². The molecule has 1 unspecified atom stereocenters. The summed E-state index contributed by atoms with van der Waals surface area (Å²) in [7, 11) is 1.89. The Morgan fingerprint density at radius 2 is 2.38 bits per heavy atom. The monoisotopic (exact) mass is 181 g/mol. The molecule has 13 heavy (non-hydrogen) atoms. The zero-order valence-electron chi connectivity index (χ0n) is 8.06. The van der Waals surface area contributed by atoms with Crippen LogP contribution in [-0.4, -0.2) is 26.0 Å². The summed E-state index contributed by atoms with van der Waals surface area (Å²) < 4.78 is 1.78. The highest BCUT2D eigenvalue weighted by molar-refractivity contribution is 5.04. The summed E-state index contributed by atoms with van der Waals surface area (Å²) in [6.07, 6.45) is 4.40. The minimum Gasteiger partial charge on any atom is -0.393 e. The van der Waals surface area contributed by atoms with Gasteiger partial charge in [0.15, 0.2) is 0 Å². The van der Waals surface area contributed by atoms with Crippen LogP contribution in [0.2, 0.25) is 0 Å². The van der Waals surface area contributed by atoms with Gasteiger partial charge in [0.05, 0.1) is 6.10 Å². The lowest BCUT2D eigenvalue weighted by Gasteiger charge is -2.17. The molecule has 0 spiro atoms. The number of rotatable bonds is 3. The van der Waals surface area contributed by atoms with Crippen LogP contribution in [0.3, 0.4) is 0 Å². The van der Waals surface area contributed by atoms with Crippen LogP contribution in [0.15, 0.2) is 6.33 Å². The second kappa shape index (κ2) is 2.80. The van der Waals surface area contributed by atoms with Crippen LogP contribution in [0.4, 0.5) is 0 Å². The summed E-state index contributed by atoms with van der Waals surface area (Å²) in [4.78, 5) is 4.16. The minimum atomic E-state index is -0.232. The lowest BCUT2D eigenvalue weighted by Crippen LogP contribution is -2.22. The highest BCUT2D eigenvalue weighted by Gasteiger charge is 2.47. The molecule has 72 valence electrons. The molecule has 1 aromatic rings. The van der Waals surface area contributed by atoms with Crippen LogP contribution in [-0.2, 0) is 13.5 Å². The van der Waals surface area contributed by atoms with Gasteiger partial charge in [0.25, 0.3) is 0 Å². The molecule has 2 rings (SSSR count). The van der Waals surface area contributed by atoms with Gasteiger partial charge in [0.2, 0.25) is 0 Å². The molecule has 0 radical (unpaired) electrons. The normalized spacial score (nSPS) is 21.5. The zero-order valence-corrected chi connectivity index (χ0v) is 8.06. The van der Waals surface area contributed by atoms with Crippen LogP contribution in [0.25, 0.3) is 0 Å². The molecule has 0 aliphatic heterocycles. The van der Waals surface area contributed by atoms with Gasteiger partial charge < -0.3 is 5.11 Å². The molecule has 0 saturated heterocycles. The standard InChI is InChI=1S/C9H15N3O/c1-7(13)9(3-4-9)5-8-10-6-11-12(8)2/h6-7,13H,3-5H2,1-2H3. The Kier molecular flexibility index (Phi) is 1.87. The molecular weight excluding hydrogens is 166 g/mol. The highest BCUT2D eigenvalue weighted by atomic mass is 16.3. The maximum absolute atomic E-state index is 9.57. The Labute approximate surface area is 77.6 Å². The Morgan fingerprint density at radius 1 is 1.69 bits per heavy atom. The van der Waals surface area contributed by atoms with Gasteiger partial charge in [-0.25, -0.2) is 4.98 Å². The Bertz CT molecular complexity index is 302. The Morgan fingerprint density at radius 3 is 2.77 bits per heavy atom. The second-order valence-electron chi connectivity index (χ2n) is 4.01. The molecule has 0 bridgehead atoms. The van der Waals surface area contributed by atoms with E-state index >= 15 is 0 Å². The molecule has 4 nitrogen and oxygen atoms in total. The fourth-order valence-electron chi connectivity index (χ4n) is 1.70. The van der Waals surface area contributed by atoms with Gasteiger partial charge in [-0.1, -0.05) is 0 Å². The van der Waals surface area contributed by atoms with Gasteiger partial charge in [0, 0.05) is 18.9 Å². The number of nitrogens with zero attached hydrogens (tertiary/aromatic N) is 3. The number of hydrogen-bond acceptors (Lipinski definition) is 3. The first-order valence-corrected chi connectivity index (χ1v) is 4.65. The van der Waals surface area contributed by atoms with Crippen LogP contribution >= 0.6 is 0 Å². The zero-order chi connectivity index (χ0) is 9.47. The molecule has 4 heteroatoms. The number of aromatic nitrogens is 3. The van der Waals surface area contributed by atoms with Crippen molar-refractivity contribution < 1.29 is 5.11 Å². The second-order valence-corrected chi connectivity index (χ2v) is 4.01. The third-order valence-corrected chi connectivity index (χ3v) is 3.09. The number of aliphatic hydroxyl groups is 1. The highest BCUT2D eigenvalue weighted by Crippen LogP contribution is 2.50. The van der Waals surface area contributed by atoms with Crippen molar-refractivity contribution in [2.75, 3.05) is 0 Å². The van der Waals surface area contributed by atoms with E-state index in [1.807, 2.05) is 14.0 Å². The van der Waals surface area contributed by atoms with Crippen LogP contribution in [0, 0.1) is 5.41 Å². The summed E-state index contributed by atoms with van der Waals surface area (Å²) >= 11 is 0. The first kappa shape index (κ1) is 8.69. The SMILES string of the molecule is CC(O)C1(Cc2ncnn2C)CC1. The fourth-order valence-corrected chi connectivity index (χ4v) is 1.70. The lowest BCUT2D eigenvalue weighted by molar-refractivity contribution is 0.108. The topological polar surface area (TPSA) is 50.9 Å². The van der Waals surface area contributed by atoms with Gasteiger partial charge in [-0.2, -0.15) is 5.10 Å². The van der Waals surface area contributed by atoms with E-state index in [9.17, 15) is 5.11 Å². The van der Waals surface area contributed by atoms with E-state index in [4.69, 9.17) is 0 Å². The number of aliphatic hydroxyl groups excluding tert-OH is 1. The molecular formula is C9H15N3O. The quantitative estimate of drug-likeness (QED) is 0.739. The summed E-state index contributed by atoms with van der Waals surface area (Å²) in [6, 6.07) is 0. The van der Waals surface area contributed by atoms with Crippen LogP contribution in [0.1, 0.15) is 25.6 Å². The average Bonchev–Trinajstić information content (AvgIpc) is 2.74. The van der Waals surface area contributed by atoms with E-state index in [1.165, 1.54) is 0 Å². The maximum atomic E-state index is 9.57. The molecule has 0 aromatic carbocycles. The first-order chi connectivity index (χ1) is 6.14. The van der Waals surface area contributed by atoms with E-state index in [-0.39, 0.29) is 11.5 Å². The van der Waals surface area contributed by atoms with Crippen molar-refractivity contribution in [3.05, 3.63) is 12.2 Å². The van der Waals surface area contributed by atoms with Crippen molar-refractivity contribution in [2.24, 2.45) is 12.5 Å². The van der Waals surface area contributed by atoms with E-state index in [1.54, 1.807) is 11.0 Å². The predicted molar refractivity (Wildman–Crippen MR) is 48.1 cm³/mol. The van der Waals surface area contributed by atoms with E-state index < -0.39 is 0 Å². The van der Waals surface area contributed by atoms with Crippen molar-refractivity contribution in [1.82, 2.24) is 14.8 Å². The molecule has 1 heterocycles. The van der Waals surface area contributed by atoms with Crippen molar-refractivity contribution >= 4 is 0 Å². The molecule has 1 N–H and O–H groups in total. The van der Waals surface area contributed by atoms with Crippen molar-refractivity contribution in [3.63, 3.8) is 0 Å². The van der Waals surface area contributed by atoms with Crippen molar-refractivity contribution in [3.8, 4) is 0 Å². The molecule has 1 atom stereocenters. The third kappa shape index (κ3) is 1.46. The average molecular weight is 181 g/mol. The maximum Gasteiger partial charge on any atom is 0.138 e. The number of hydrogen-bond donors (Lipinski definition) is 1. The number of aryl methyl sites for hydroxylation is 1. The first-order valence-electron chi connectivity index (χ1n) is 4.65. The van der Waals surface area contributed by atoms with Gasteiger partial charge in [-0.15, -0.1) is 0 Å². The van der Waals surface area contributed by atoms with Gasteiger partial charge >= 0.3 is 0 Å². The van der Waals surface area contributed by atoms with Crippen molar-refractivity contribution in [2.45, 2.75) is 32.3 Å². The fraction of sp³-hybridized carbons (Fsp3) is 0.778. The molecule has 1 aliphatic carbocycles. The summed E-state index contributed by atoms with van der Waals surface area (Å²) in [5.41, 5.74) is 0.0980.